The van der Waals surface area contributed by atoms with Crippen molar-refractivity contribution in [2.75, 3.05) is 0 Å². The van der Waals surface area contributed by atoms with E-state index in [0.29, 0.717) is 17.8 Å². The number of hydrogen-bond acceptors (Lipinski definition) is 2. The van der Waals surface area contributed by atoms with Crippen LogP contribution in [0.5, 0.6) is 0 Å². The SMILES string of the molecule is FC(F)(F)C1NNC(c2ccc(-n3cccc3)cc2)C1C12CC3CC(CC(C3)C1)C2. The van der Waals surface area contributed by atoms with Crippen molar-refractivity contribution in [2.24, 2.45) is 29.1 Å². The standard InChI is InChI=1S/C24H28F3N3/c25-24(26,27)22-20(23-12-15-9-16(13-23)11-17(10-15)14-23)21(28-29-22)18-3-5-19(6-4-18)30-7-1-2-8-30/h1-8,15-17,20-22,28-29H,9-14H2. The summed E-state index contributed by atoms with van der Waals surface area (Å²) in [6, 6.07) is 10.2. The smallest absolute Gasteiger partial charge is 0.324 e. The average Bonchev–Trinajstić information content (AvgIpc) is 3.37. The van der Waals surface area contributed by atoms with Gasteiger partial charge < -0.3 is 4.57 Å². The second-order valence-corrected chi connectivity index (χ2v) is 10.3. The molecular weight excluding hydrogens is 387 g/mol. The highest BCUT2D eigenvalue weighted by atomic mass is 19.4. The number of hydrogen-bond donors (Lipinski definition) is 2. The van der Waals surface area contributed by atoms with Crippen LogP contribution in [-0.2, 0) is 0 Å². The second kappa shape index (κ2) is 6.60. The molecular formula is C24H28F3N3. The molecule has 3 nitrogen and oxygen atoms in total. The minimum absolute atomic E-state index is 0.199. The van der Waals surface area contributed by atoms with E-state index in [4.69, 9.17) is 0 Å². The van der Waals surface area contributed by atoms with Gasteiger partial charge in [0.25, 0.3) is 0 Å². The van der Waals surface area contributed by atoms with Crippen molar-refractivity contribution >= 4 is 0 Å². The molecule has 5 aliphatic rings. The second-order valence-electron chi connectivity index (χ2n) is 10.3. The lowest BCUT2D eigenvalue weighted by Gasteiger charge is -2.60. The quantitative estimate of drug-likeness (QED) is 0.704. The van der Waals surface area contributed by atoms with Crippen molar-refractivity contribution in [3.63, 3.8) is 0 Å². The third-order valence-corrected chi connectivity index (χ3v) is 8.41. The Morgan fingerprint density at radius 3 is 1.93 bits per heavy atom. The Morgan fingerprint density at radius 1 is 0.833 bits per heavy atom. The van der Waals surface area contributed by atoms with E-state index in [1.165, 1.54) is 19.3 Å². The lowest BCUT2D eigenvalue weighted by atomic mass is 9.45. The van der Waals surface area contributed by atoms with Crippen LogP contribution in [0.4, 0.5) is 13.2 Å². The van der Waals surface area contributed by atoms with Crippen LogP contribution in [0.1, 0.15) is 50.1 Å². The Kier molecular flexibility index (Phi) is 4.17. The van der Waals surface area contributed by atoms with E-state index >= 15 is 0 Å². The maximum Gasteiger partial charge on any atom is 0.405 e. The van der Waals surface area contributed by atoms with Gasteiger partial charge in [0, 0.05) is 24.0 Å². The Morgan fingerprint density at radius 2 is 1.40 bits per heavy atom. The highest BCUT2D eigenvalue weighted by molar-refractivity contribution is 5.37. The number of aromatic nitrogens is 1. The average molecular weight is 416 g/mol. The molecule has 5 fully saturated rings. The third kappa shape index (κ3) is 2.94. The van der Waals surface area contributed by atoms with Gasteiger partial charge in [0.15, 0.2) is 0 Å². The molecule has 6 heteroatoms. The highest BCUT2D eigenvalue weighted by Crippen LogP contribution is 2.66. The van der Waals surface area contributed by atoms with E-state index in [0.717, 1.165) is 30.5 Å². The van der Waals surface area contributed by atoms with Gasteiger partial charge in [-0.2, -0.15) is 13.2 Å². The van der Waals surface area contributed by atoms with E-state index < -0.39 is 18.1 Å². The summed E-state index contributed by atoms with van der Waals surface area (Å²) in [4.78, 5) is 0. The third-order valence-electron chi connectivity index (χ3n) is 8.41. The molecule has 1 saturated heterocycles. The van der Waals surface area contributed by atoms with E-state index in [9.17, 15) is 13.2 Å². The molecule has 3 unspecified atom stereocenters. The number of hydrazine groups is 1. The van der Waals surface area contributed by atoms with Crippen LogP contribution in [0, 0.1) is 29.1 Å². The summed E-state index contributed by atoms with van der Waals surface area (Å²) in [6.45, 7) is 0. The van der Waals surface area contributed by atoms with Crippen molar-refractivity contribution in [1.82, 2.24) is 15.4 Å². The number of rotatable bonds is 3. The number of benzene rings is 1. The molecule has 1 aromatic carbocycles. The molecule has 1 aliphatic heterocycles. The first-order valence-corrected chi connectivity index (χ1v) is 11.2. The van der Waals surface area contributed by atoms with Gasteiger partial charge in [0.1, 0.15) is 6.04 Å². The van der Waals surface area contributed by atoms with E-state index in [-0.39, 0.29) is 11.5 Å². The van der Waals surface area contributed by atoms with Crippen molar-refractivity contribution < 1.29 is 13.2 Å². The maximum absolute atomic E-state index is 14.1. The molecule has 160 valence electrons. The fourth-order valence-electron chi connectivity index (χ4n) is 7.78. The molecule has 2 aromatic rings. The molecule has 2 heterocycles. The molecule has 1 aromatic heterocycles. The lowest BCUT2D eigenvalue weighted by Crippen LogP contribution is -2.55. The predicted octanol–water partition coefficient (Wildman–Crippen LogP) is 5.39. The zero-order valence-corrected chi connectivity index (χ0v) is 16.9. The minimum atomic E-state index is -4.25. The van der Waals surface area contributed by atoms with Gasteiger partial charge >= 0.3 is 6.18 Å². The van der Waals surface area contributed by atoms with Crippen LogP contribution < -0.4 is 10.9 Å². The zero-order chi connectivity index (χ0) is 20.5. The molecule has 4 bridgehead atoms. The summed E-state index contributed by atoms with van der Waals surface area (Å²) in [5.74, 6) is 1.43. The molecule has 0 radical (unpaired) electrons. The normalized spacial score (nSPS) is 40.2. The van der Waals surface area contributed by atoms with Crippen molar-refractivity contribution in [3.8, 4) is 5.69 Å². The van der Waals surface area contributed by atoms with E-state index in [2.05, 4.69) is 10.9 Å². The Bertz CT molecular complexity index is 867. The van der Waals surface area contributed by atoms with Crippen LogP contribution in [0.25, 0.3) is 5.69 Å². The van der Waals surface area contributed by atoms with Crippen LogP contribution in [0.2, 0.25) is 0 Å². The number of nitrogens with one attached hydrogen (secondary N) is 2. The van der Waals surface area contributed by atoms with Crippen LogP contribution in [-0.4, -0.2) is 16.8 Å². The molecule has 4 saturated carbocycles. The number of alkyl halides is 3. The summed E-state index contributed by atoms with van der Waals surface area (Å²) < 4.78 is 44.4. The summed E-state index contributed by atoms with van der Waals surface area (Å²) in [7, 11) is 0. The maximum atomic E-state index is 14.1. The molecule has 7 rings (SSSR count). The first-order chi connectivity index (χ1) is 14.4. The van der Waals surface area contributed by atoms with Gasteiger partial charge in [0.2, 0.25) is 0 Å². The number of nitrogens with zero attached hydrogens (tertiary/aromatic N) is 1. The summed E-state index contributed by atoms with van der Waals surface area (Å²) >= 11 is 0. The first kappa shape index (κ1) is 18.9. The van der Waals surface area contributed by atoms with Gasteiger partial charge in [0.05, 0.1) is 6.04 Å². The predicted molar refractivity (Wildman–Crippen MR) is 109 cm³/mol. The molecule has 3 atom stereocenters. The summed E-state index contributed by atoms with van der Waals surface area (Å²) in [5, 5.41) is 0. The monoisotopic (exact) mass is 415 g/mol. The summed E-state index contributed by atoms with van der Waals surface area (Å²) in [6.07, 6.45) is 6.32. The fraction of sp³-hybridized carbons (Fsp3) is 0.583. The molecule has 2 N–H and O–H groups in total. The van der Waals surface area contributed by atoms with Gasteiger partial charge in [-0.15, -0.1) is 0 Å². The van der Waals surface area contributed by atoms with Crippen molar-refractivity contribution in [3.05, 3.63) is 54.4 Å². The Labute approximate surface area is 175 Å². The van der Waals surface area contributed by atoms with Gasteiger partial charge in [-0.05, 0) is 91.5 Å². The fourth-order valence-corrected chi connectivity index (χ4v) is 7.78. The topological polar surface area (TPSA) is 29.0 Å². The Balaban J connectivity index is 1.37. The Hall–Kier alpha value is -1.79. The van der Waals surface area contributed by atoms with E-state index in [1.807, 2.05) is 53.4 Å². The molecule has 4 aliphatic carbocycles. The van der Waals surface area contributed by atoms with Crippen LogP contribution in [0.15, 0.2) is 48.8 Å². The van der Waals surface area contributed by atoms with Gasteiger partial charge in [-0.3, -0.25) is 0 Å². The molecule has 0 amide bonds. The largest absolute Gasteiger partial charge is 0.405 e. The highest BCUT2D eigenvalue weighted by Gasteiger charge is 2.63. The van der Waals surface area contributed by atoms with E-state index in [1.54, 1.807) is 0 Å². The first-order valence-electron chi connectivity index (χ1n) is 11.2. The van der Waals surface area contributed by atoms with Gasteiger partial charge in [-0.25, -0.2) is 10.9 Å². The lowest BCUT2D eigenvalue weighted by molar-refractivity contribution is -0.188. The molecule has 30 heavy (non-hydrogen) atoms. The number of halogens is 3. The van der Waals surface area contributed by atoms with Gasteiger partial charge in [-0.1, -0.05) is 12.1 Å². The minimum Gasteiger partial charge on any atom is -0.324 e. The van der Waals surface area contributed by atoms with Crippen LogP contribution in [0.3, 0.4) is 0 Å². The van der Waals surface area contributed by atoms with Crippen molar-refractivity contribution in [2.45, 2.75) is 56.8 Å². The zero-order valence-electron chi connectivity index (χ0n) is 16.9. The molecule has 0 spiro atoms. The van der Waals surface area contributed by atoms with Crippen molar-refractivity contribution in [1.29, 1.82) is 0 Å². The van der Waals surface area contributed by atoms with Crippen LogP contribution >= 0.6 is 0 Å². The summed E-state index contributed by atoms with van der Waals surface area (Å²) in [5.41, 5.74) is 7.54.